The first-order valence-corrected chi connectivity index (χ1v) is 14.5. The molecule has 0 heterocycles. The summed E-state index contributed by atoms with van der Waals surface area (Å²) in [6, 6.07) is 31.3. The summed E-state index contributed by atoms with van der Waals surface area (Å²) in [6.07, 6.45) is 4.82. The minimum absolute atomic E-state index is 0.109. The van der Waals surface area contributed by atoms with Crippen molar-refractivity contribution in [2.45, 2.75) is 64.3 Å². The van der Waals surface area contributed by atoms with Gasteiger partial charge in [-0.3, -0.25) is 4.79 Å². The molecule has 32 heavy (non-hydrogen) atoms. The SMILES string of the molecule is CCCCC[C@@H](O[C@@H](C)CC(=O)c1ccccc1)[Si](C)(c1ccccc1)c1ccccc1. The minimum atomic E-state index is -2.21. The van der Waals surface area contributed by atoms with Gasteiger partial charge in [-0.1, -0.05) is 134 Å². The van der Waals surface area contributed by atoms with E-state index in [-0.39, 0.29) is 17.6 Å². The second kappa shape index (κ2) is 11.9. The molecule has 0 aliphatic rings. The Morgan fingerprint density at radius 1 is 0.812 bits per heavy atom. The van der Waals surface area contributed by atoms with Crippen molar-refractivity contribution in [3.63, 3.8) is 0 Å². The van der Waals surface area contributed by atoms with Crippen molar-refractivity contribution in [2.75, 3.05) is 0 Å². The highest BCUT2D eigenvalue weighted by Crippen LogP contribution is 2.22. The van der Waals surface area contributed by atoms with Gasteiger partial charge >= 0.3 is 0 Å². The third-order valence-electron chi connectivity index (χ3n) is 6.43. The molecule has 2 atom stereocenters. The molecule has 0 N–H and O–H groups in total. The molecule has 3 aromatic carbocycles. The summed E-state index contributed by atoms with van der Waals surface area (Å²) in [7, 11) is -2.21. The van der Waals surface area contributed by atoms with Gasteiger partial charge in [-0.25, -0.2) is 0 Å². The van der Waals surface area contributed by atoms with Gasteiger partial charge in [0, 0.05) is 12.0 Å². The first kappa shape index (κ1) is 24.2. The Bertz CT molecular complexity index is 901. The molecule has 0 aromatic heterocycles. The monoisotopic (exact) mass is 444 g/mol. The van der Waals surface area contributed by atoms with Crippen LogP contribution >= 0.6 is 0 Å². The fourth-order valence-corrected chi connectivity index (χ4v) is 8.64. The van der Waals surface area contributed by atoms with Crippen molar-refractivity contribution in [1.82, 2.24) is 0 Å². The number of hydrogen-bond donors (Lipinski definition) is 0. The lowest BCUT2D eigenvalue weighted by atomic mass is 10.1. The van der Waals surface area contributed by atoms with Gasteiger partial charge in [-0.2, -0.15) is 0 Å². The maximum absolute atomic E-state index is 12.8. The van der Waals surface area contributed by atoms with Crippen molar-refractivity contribution in [3.05, 3.63) is 96.6 Å². The van der Waals surface area contributed by atoms with Crippen LogP contribution in [0, 0.1) is 0 Å². The lowest BCUT2D eigenvalue weighted by molar-refractivity contribution is 0.0277. The highest BCUT2D eigenvalue weighted by atomic mass is 28.3. The number of unbranched alkanes of at least 4 members (excludes halogenated alkanes) is 2. The van der Waals surface area contributed by atoms with Crippen molar-refractivity contribution in [3.8, 4) is 0 Å². The largest absolute Gasteiger partial charge is 0.377 e. The lowest BCUT2D eigenvalue weighted by Gasteiger charge is -2.38. The fourth-order valence-electron chi connectivity index (χ4n) is 4.51. The van der Waals surface area contributed by atoms with Crippen LogP contribution in [0.4, 0.5) is 0 Å². The topological polar surface area (TPSA) is 26.3 Å². The number of ketones is 1. The predicted molar refractivity (Wildman–Crippen MR) is 138 cm³/mol. The van der Waals surface area contributed by atoms with Gasteiger partial charge in [-0.05, 0) is 13.3 Å². The van der Waals surface area contributed by atoms with Crippen LogP contribution in [0.2, 0.25) is 6.55 Å². The molecule has 0 spiro atoms. The number of ether oxygens (including phenoxy) is 1. The zero-order valence-electron chi connectivity index (χ0n) is 19.7. The zero-order chi connectivity index (χ0) is 22.8. The second-order valence-electron chi connectivity index (χ2n) is 8.86. The van der Waals surface area contributed by atoms with Crippen molar-refractivity contribution < 1.29 is 9.53 Å². The molecular weight excluding hydrogens is 408 g/mol. The van der Waals surface area contributed by atoms with Crippen molar-refractivity contribution >= 4 is 24.2 Å². The van der Waals surface area contributed by atoms with E-state index >= 15 is 0 Å². The maximum Gasteiger partial charge on any atom is 0.165 e. The summed E-state index contributed by atoms with van der Waals surface area (Å²) in [5.41, 5.74) is 0.869. The van der Waals surface area contributed by atoms with Gasteiger partial charge in [-0.15, -0.1) is 0 Å². The molecule has 0 saturated heterocycles. The van der Waals surface area contributed by atoms with Crippen LogP contribution in [0.3, 0.4) is 0 Å². The summed E-state index contributed by atoms with van der Waals surface area (Å²) >= 11 is 0. The Balaban J connectivity index is 1.89. The smallest absolute Gasteiger partial charge is 0.165 e. The van der Waals surface area contributed by atoms with Crippen LogP contribution in [0.1, 0.15) is 56.3 Å². The molecule has 2 nitrogen and oxygen atoms in total. The molecule has 3 rings (SSSR count). The van der Waals surface area contributed by atoms with E-state index < -0.39 is 8.07 Å². The summed E-state index contributed by atoms with van der Waals surface area (Å²) in [5, 5.41) is 2.77. The average Bonchev–Trinajstić information content (AvgIpc) is 2.84. The lowest BCUT2D eigenvalue weighted by Crippen LogP contribution is -2.65. The Morgan fingerprint density at radius 3 is 1.81 bits per heavy atom. The molecule has 0 aliphatic carbocycles. The van der Waals surface area contributed by atoms with Crippen LogP contribution < -0.4 is 10.4 Å². The van der Waals surface area contributed by atoms with Crippen LogP contribution in [0.15, 0.2) is 91.0 Å². The average molecular weight is 445 g/mol. The molecule has 0 fully saturated rings. The molecular formula is C29H36O2Si. The fraction of sp³-hybridized carbons (Fsp3) is 0.345. The summed E-state index contributed by atoms with van der Waals surface area (Å²) in [5.74, 6) is 0.146. The van der Waals surface area contributed by atoms with E-state index in [1.54, 1.807) is 0 Å². The quantitative estimate of drug-likeness (QED) is 0.193. The van der Waals surface area contributed by atoms with Gasteiger partial charge in [0.25, 0.3) is 0 Å². The van der Waals surface area contributed by atoms with E-state index in [0.717, 1.165) is 18.4 Å². The van der Waals surface area contributed by atoms with E-state index in [2.05, 4.69) is 81.1 Å². The summed E-state index contributed by atoms with van der Waals surface area (Å²) < 4.78 is 6.80. The standard InChI is InChI=1S/C29H36O2Si/c1-4-5-9-22-29(31-24(2)23-28(30)25-16-10-6-11-17-25)32(3,26-18-12-7-13-19-26)27-20-14-8-15-21-27/h6-8,10-21,24,29H,4-5,9,22-23H2,1-3H3/t24-,29-/m0/s1. The first-order chi connectivity index (χ1) is 15.6. The second-order valence-corrected chi connectivity index (χ2v) is 13.1. The summed E-state index contributed by atoms with van der Waals surface area (Å²) in [4.78, 5) is 12.8. The van der Waals surface area contributed by atoms with Crippen molar-refractivity contribution in [1.29, 1.82) is 0 Å². The van der Waals surface area contributed by atoms with Crippen LogP contribution in [0.5, 0.6) is 0 Å². The molecule has 0 aliphatic heterocycles. The Kier molecular flexibility index (Phi) is 9.01. The van der Waals surface area contributed by atoms with E-state index in [9.17, 15) is 4.79 Å². The van der Waals surface area contributed by atoms with E-state index in [1.165, 1.54) is 23.2 Å². The van der Waals surface area contributed by atoms with E-state index in [0.29, 0.717) is 6.42 Å². The minimum Gasteiger partial charge on any atom is -0.377 e. The third kappa shape index (κ3) is 6.05. The number of Topliss-reactive ketones (excluding diaryl/α,β-unsaturated/α-hetero) is 1. The Hall–Kier alpha value is -2.49. The normalized spacial score (nSPS) is 13.5. The highest BCUT2D eigenvalue weighted by molar-refractivity contribution is 7.02. The van der Waals surface area contributed by atoms with Crippen molar-refractivity contribution in [2.24, 2.45) is 0 Å². The van der Waals surface area contributed by atoms with E-state index in [4.69, 9.17) is 4.74 Å². The third-order valence-corrected chi connectivity index (χ3v) is 11.2. The number of carbonyl (C=O) groups excluding carboxylic acids is 1. The molecule has 0 radical (unpaired) electrons. The van der Waals surface area contributed by atoms with Gasteiger partial charge in [0.05, 0.1) is 11.8 Å². The highest BCUT2D eigenvalue weighted by Gasteiger charge is 2.41. The first-order valence-electron chi connectivity index (χ1n) is 11.9. The maximum atomic E-state index is 12.8. The molecule has 0 bridgehead atoms. The number of benzene rings is 3. The number of carbonyl (C=O) groups is 1. The molecule has 0 amide bonds. The van der Waals surface area contributed by atoms with Gasteiger partial charge in [0.2, 0.25) is 0 Å². The van der Waals surface area contributed by atoms with Crippen LogP contribution in [-0.2, 0) is 4.74 Å². The van der Waals surface area contributed by atoms with Gasteiger partial charge in [0.15, 0.2) is 5.78 Å². The molecule has 0 unspecified atom stereocenters. The molecule has 3 heteroatoms. The summed E-state index contributed by atoms with van der Waals surface area (Å²) in [6.45, 7) is 6.72. The predicted octanol–water partition coefficient (Wildman–Crippen LogP) is 6.05. The van der Waals surface area contributed by atoms with Crippen LogP contribution in [-0.4, -0.2) is 25.7 Å². The molecule has 3 aromatic rings. The zero-order valence-corrected chi connectivity index (χ0v) is 20.7. The Labute approximate surface area is 194 Å². The van der Waals surface area contributed by atoms with Gasteiger partial charge < -0.3 is 4.74 Å². The molecule has 0 saturated carbocycles. The van der Waals surface area contributed by atoms with E-state index in [1.807, 2.05) is 30.3 Å². The van der Waals surface area contributed by atoms with Crippen LogP contribution in [0.25, 0.3) is 0 Å². The van der Waals surface area contributed by atoms with Gasteiger partial charge in [0.1, 0.15) is 8.07 Å². The number of rotatable bonds is 12. The molecule has 168 valence electrons. The number of hydrogen-bond acceptors (Lipinski definition) is 2. The Morgan fingerprint density at radius 2 is 1.31 bits per heavy atom.